The van der Waals surface area contributed by atoms with Crippen molar-refractivity contribution in [2.45, 2.75) is 6.92 Å². The second-order valence-corrected chi connectivity index (χ2v) is 4.64. The minimum absolute atomic E-state index is 0.270. The molecular weight excluding hydrogens is 253 g/mol. The Labute approximate surface area is 119 Å². The SMILES string of the molecule is C=CN(C)c1cc(F)ccc1N(C)c1ccc(C)nc1. The number of aryl methyl sites for hydroxylation is 1. The molecule has 3 nitrogen and oxygen atoms in total. The van der Waals surface area contributed by atoms with Crippen molar-refractivity contribution in [2.24, 2.45) is 0 Å². The van der Waals surface area contributed by atoms with Crippen molar-refractivity contribution < 1.29 is 4.39 Å². The summed E-state index contributed by atoms with van der Waals surface area (Å²) < 4.78 is 13.5. The van der Waals surface area contributed by atoms with Gasteiger partial charge in [0, 0.05) is 19.8 Å². The zero-order valence-electron chi connectivity index (χ0n) is 12.0. The molecule has 20 heavy (non-hydrogen) atoms. The molecule has 104 valence electrons. The van der Waals surface area contributed by atoms with Crippen LogP contribution in [0.25, 0.3) is 0 Å². The molecule has 0 unspecified atom stereocenters. The van der Waals surface area contributed by atoms with Crippen LogP contribution in [-0.2, 0) is 0 Å². The molecule has 0 aliphatic carbocycles. The normalized spacial score (nSPS) is 10.2. The summed E-state index contributed by atoms with van der Waals surface area (Å²) in [5.41, 5.74) is 3.55. The van der Waals surface area contributed by atoms with Crippen LogP contribution in [0, 0.1) is 12.7 Å². The Morgan fingerprint density at radius 1 is 1.15 bits per heavy atom. The summed E-state index contributed by atoms with van der Waals surface area (Å²) in [4.78, 5) is 8.05. The highest BCUT2D eigenvalue weighted by molar-refractivity contribution is 5.77. The maximum Gasteiger partial charge on any atom is 0.125 e. The van der Waals surface area contributed by atoms with Crippen LogP contribution in [0.5, 0.6) is 0 Å². The Balaban J connectivity index is 2.45. The molecule has 0 N–H and O–H groups in total. The molecule has 2 rings (SSSR count). The van der Waals surface area contributed by atoms with E-state index in [1.807, 2.05) is 38.1 Å². The quantitative estimate of drug-likeness (QED) is 0.841. The number of rotatable bonds is 4. The lowest BCUT2D eigenvalue weighted by Gasteiger charge is -2.26. The van der Waals surface area contributed by atoms with E-state index in [0.717, 1.165) is 22.8 Å². The lowest BCUT2D eigenvalue weighted by atomic mass is 10.2. The van der Waals surface area contributed by atoms with Gasteiger partial charge in [0.1, 0.15) is 5.82 Å². The molecule has 0 bridgehead atoms. The molecule has 1 aromatic heterocycles. The van der Waals surface area contributed by atoms with Gasteiger partial charge in [-0.15, -0.1) is 0 Å². The highest BCUT2D eigenvalue weighted by Gasteiger charge is 2.12. The predicted octanol–water partition coefficient (Wildman–Crippen LogP) is 3.88. The smallest absolute Gasteiger partial charge is 0.125 e. The maximum atomic E-state index is 13.5. The van der Waals surface area contributed by atoms with Gasteiger partial charge in [0.05, 0.1) is 23.3 Å². The van der Waals surface area contributed by atoms with E-state index < -0.39 is 0 Å². The van der Waals surface area contributed by atoms with Crippen LogP contribution >= 0.6 is 0 Å². The average molecular weight is 271 g/mol. The summed E-state index contributed by atoms with van der Waals surface area (Å²) in [5, 5.41) is 0. The number of nitrogens with zero attached hydrogens (tertiary/aromatic N) is 3. The third-order valence-electron chi connectivity index (χ3n) is 3.24. The first-order chi connectivity index (χ1) is 9.52. The Kier molecular flexibility index (Phi) is 4.03. The number of aromatic nitrogens is 1. The van der Waals surface area contributed by atoms with Crippen LogP contribution in [0.4, 0.5) is 21.5 Å². The van der Waals surface area contributed by atoms with Crippen molar-refractivity contribution in [2.75, 3.05) is 23.9 Å². The summed E-state index contributed by atoms with van der Waals surface area (Å²) in [6, 6.07) is 8.64. The number of benzene rings is 1. The van der Waals surface area contributed by atoms with Crippen molar-refractivity contribution in [3.05, 3.63) is 60.8 Å². The van der Waals surface area contributed by atoms with E-state index in [4.69, 9.17) is 0 Å². The lowest BCUT2D eigenvalue weighted by Crippen LogP contribution is -2.16. The maximum absolute atomic E-state index is 13.5. The molecule has 0 amide bonds. The molecule has 0 saturated carbocycles. The second kappa shape index (κ2) is 5.74. The zero-order chi connectivity index (χ0) is 14.7. The lowest BCUT2D eigenvalue weighted by molar-refractivity contribution is 0.628. The molecule has 2 aromatic rings. The summed E-state index contributed by atoms with van der Waals surface area (Å²) in [6.45, 7) is 5.67. The monoisotopic (exact) mass is 271 g/mol. The fourth-order valence-corrected chi connectivity index (χ4v) is 1.96. The van der Waals surface area contributed by atoms with Crippen molar-refractivity contribution in [1.29, 1.82) is 0 Å². The number of halogens is 1. The van der Waals surface area contributed by atoms with E-state index in [-0.39, 0.29) is 5.82 Å². The fraction of sp³-hybridized carbons (Fsp3) is 0.188. The van der Waals surface area contributed by atoms with Crippen LogP contribution < -0.4 is 9.80 Å². The molecule has 1 heterocycles. The molecular formula is C16H18FN3. The van der Waals surface area contributed by atoms with Gasteiger partial charge < -0.3 is 9.80 Å². The number of pyridine rings is 1. The van der Waals surface area contributed by atoms with E-state index in [1.54, 1.807) is 23.4 Å². The molecule has 0 saturated heterocycles. The molecule has 0 fully saturated rings. The van der Waals surface area contributed by atoms with Crippen molar-refractivity contribution >= 4 is 17.1 Å². The van der Waals surface area contributed by atoms with E-state index in [2.05, 4.69) is 11.6 Å². The second-order valence-electron chi connectivity index (χ2n) is 4.64. The molecule has 4 heteroatoms. The first kappa shape index (κ1) is 14.1. The first-order valence-electron chi connectivity index (χ1n) is 6.34. The van der Waals surface area contributed by atoms with Crippen LogP contribution in [0.15, 0.2) is 49.3 Å². The standard InChI is InChI=1S/C16H18FN3/c1-5-19(3)16-10-13(17)7-9-15(16)20(4)14-8-6-12(2)18-11-14/h5-11H,1H2,2-4H3. The van der Waals surface area contributed by atoms with Gasteiger partial charge in [-0.1, -0.05) is 6.58 Å². The van der Waals surface area contributed by atoms with E-state index in [1.165, 1.54) is 12.1 Å². The first-order valence-corrected chi connectivity index (χ1v) is 6.34. The predicted molar refractivity (Wildman–Crippen MR) is 82.0 cm³/mol. The van der Waals surface area contributed by atoms with Gasteiger partial charge in [-0.2, -0.15) is 0 Å². The topological polar surface area (TPSA) is 19.4 Å². The third kappa shape index (κ3) is 2.79. The number of hydrogen-bond donors (Lipinski definition) is 0. The molecule has 0 aliphatic heterocycles. The van der Waals surface area contributed by atoms with Gasteiger partial charge in [-0.25, -0.2) is 4.39 Å². The van der Waals surface area contributed by atoms with Gasteiger partial charge in [0.25, 0.3) is 0 Å². The highest BCUT2D eigenvalue weighted by Crippen LogP contribution is 2.33. The van der Waals surface area contributed by atoms with Gasteiger partial charge in [-0.05, 0) is 43.5 Å². The van der Waals surface area contributed by atoms with Crippen molar-refractivity contribution in [1.82, 2.24) is 4.98 Å². The van der Waals surface area contributed by atoms with Crippen molar-refractivity contribution in [3.8, 4) is 0 Å². The summed E-state index contributed by atoms with van der Waals surface area (Å²) >= 11 is 0. The molecule has 1 aromatic carbocycles. The number of anilines is 3. The zero-order valence-corrected chi connectivity index (χ0v) is 12.0. The van der Waals surface area contributed by atoms with Gasteiger partial charge >= 0.3 is 0 Å². The van der Waals surface area contributed by atoms with Crippen LogP contribution in [0.3, 0.4) is 0 Å². The van der Waals surface area contributed by atoms with Crippen LogP contribution in [0.1, 0.15) is 5.69 Å². The van der Waals surface area contributed by atoms with Gasteiger partial charge in [-0.3, -0.25) is 4.98 Å². The molecule has 0 aliphatic rings. The third-order valence-corrected chi connectivity index (χ3v) is 3.24. The average Bonchev–Trinajstić information content (AvgIpc) is 2.46. The van der Waals surface area contributed by atoms with Crippen molar-refractivity contribution in [3.63, 3.8) is 0 Å². The Morgan fingerprint density at radius 3 is 2.50 bits per heavy atom. The Hall–Kier alpha value is -2.36. The summed E-state index contributed by atoms with van der Waals surface area (Å²) in [7, 11) is 3.77. The molecule has 0 radical (unpaired) electrons. The van der Waals surface area contributed by atoms with E-state index in [9.17, 15) is 4.39 Å². The minimum Gasteiger partial charge on any atom is -0.350 e. The Morgan fingerprint density at radius 2 is 1.90 bits per heavy atom. The van der Waals surface area contributed by atoms with Crippen LogP contribution in [-0.4, -0.2) is 19.1 Å². The highest BCUT2D eigenvalue weighted by atomic mass is 19.1. The fourth-order valence-electron chi connectivity index (χ4n) is 1.96. The summed E-state index contributed by atoms with van der Waals surface area (Å²) in [5.74, 6) is -0.270. The van der Waals surface area contributed by atoms with Gasteiger partial charge in [0.15, 0.2) is 0 Å². The van der Waals surface area contributed by atoms with Gasteiger partial charge in [0.2, 0.25) is 0 Å². The van der Waals surface area contributed by atoms with Crippen LogP contribution in [0.2, 0.25) is 0 Å². The largest absolute Gasteiger partial charge is 0.350 e. The summed E-state index contributed by atoms with van der Waals surface area (Å²) in [6.07, 6.45) is 3.45. The Bertz CT molecular complexity index is 608. The molecule has 0 atom stereocenters. The minimum atomic E-state index is -0.270. The number of hydrogen-bond acceptors (Lipinski definition) is 3. The molecule has 0 spiro atoms. The van der Waals surface area contributed by atoms with E-state index in [0.29, 0.717) is 0 Å². The van der Waals surface area contributed by atoms with E-state index >= 15 is 0 Å².